The number of hydrogen-bond donors (Lipinski definition) is 0. The summed E-state index contributed by atoms with van der Waals surface area (Å²) >= 11 is 0. The fourth-order valence-electron chi connectivity index (χ4n) is 1.19. The molecule has 0 aromatic heterocycles. The lowest BCUT2D eigenvalue weighted by molar-refractivity contribution is -0.123. The summed E-state index contributed by atoms with van der Waals surface area (Å²) in [7, 11) is 0. The maximum Gasteiger partial charge on any atom is 0.154 e. The van der Waals surface area contributed by atoms with Crippen LogP contribution in [0.15, 0.2) is 24.3 Å². The van der Waals surface area contributed by atoms with Crippen molar-refractivity contribution >= 4 is 0 Å². The Bertz CT molecular complexity index is 248. The fourth-order valence-corrected chi connectivity index (χ4v) is 1.19. The molecule has 2 rings (SSSR count). The van der Waals surface area contributed by atoms with Gasteiger partial charge in [0.25, 0.3) is 0 Å². The molecule has 0 atom stereocenters. The summed E-state index contributed by atoms with van der Waals surface area (Å²) in [5, 5.41) is 0. The van der Waals surface area contributed by atoms with Gasteiger partial charge in [-0.3, -0.25) is 0 Å². The van der Waals surface area contributed by atoms with Crippen molar-refractivity contribution in [1.29, 1.82) is 0 Å². The van der Waals surface area contributed by atoms with E-state index in [4.69, 9.17) is 9.47 Å². The highest BCUT2D eigenvalue weighted by Crippen LogP contribution is 2.32. The molecule has 0 radical (unpaired) electrons. The van der Waals surface area contributed by atoms with Crippen LogP contribution in [-0.2, 0) is 9.47 Å². The molecule has 0 aromatic carbocycles. The van der Waals surface area contributed by atoms with E-state index in [0.29, 0.717) is 0 Å². The Morgan fingerprint density at radius 1 is 1.07 bits per heavy atom. The van der Waals surface area contributed by atoms with Crippen molar-refractivity contribution < 1.29 is 9.47 Å². The van der Waals surface area contributed by atoms with Crippen molar-refractivity contribution in [2.24, 2.45) is 0 Å². The van der Waals surface area contributed by atoms with Crippen molar-refractivity contribution in [3.63, 3.8) is 0 Å². The van der Waals surface area contributed by atoms with E-state index >= 15 is 0 Å². The molecule has 14 heavy (non-hydrogen) atoms. The molecule has 2 heteroatoms. The monoisotopic (exact) mass is 194 g/mol. The van der Waals surface area contributed by atoms with Gasteiger partial charge < -0.3 is 9.47 Å². The Balaban J connectivity index is 0.000000143. The molecule has 0 spiro atoms. The third-order valence-electron chi connectivity index (χ3n) is 1.92. The number of rotatable bonds is 4. The van der Waals surface area contributed by atoms with Gasteiger partial charge >= 0.3 is 0 Å². The Hall–Kier alpha value is -0.860. The SMILES string of the molecule is CCOC(C)OCC.c1cc2cc-2c1. The highest BCUT2D eigenvalue weighted by molar-refractivity contribution is 5.80. The average Bonchev–Trinajstić information content (AvgIpc) is 2.76. The summed E-state index contributed by atoms with van der Waals surface area (Å²) in [5.41, 5.74) is 2.85. The summed E-state index contributed by atoms with van der Waals surface area (Å²) in [4.78, 5) is 0. The Morgan fingerprint density at radius 2 is 1.57 bits per heavy atom. The van der Waals surface area contributed by atoms with E-state index in [-0.39, 0.29) is 6.29 Å². The largest absolute Gasteiger partial charge is 0.353 e. The van der Waals surface area contributed by atoms with Gasteiger partial charge in [0.05, 0.1) is 0 Å². The molecular formula is C12H18O2. The molecule has 2 aliphatic carbocycles. The molecule has 0 aliphatic heterocycles. The third-order valence-corrected chi connectivity index (χ3v) is 1.92. The average molecular weight is 194 g/mol. The lowest BCUT2D eigenvalue weighted by Crippen LogP contribution is -2.11. The molecule has 0 N–H and O–H groups in total. The molecule has 0 heterocycles. The molecule has 0 aromatic rings. The lowest BCUT2D eigenvalue weighted by Gasteiger charge is -2.09. The third kappa shape index (κ3) is 3.90. The first-order chi connectivity index (χ1) is 6.77. The zero-order chi connectivity index (χ0) is 10.4. The highest BCUT2D eigenvalue weighted by atomic mass is 16.7. The van der Waals surface area contributed by atoms with Gasteiger partial charge in [0, 0.05) is 13.2 Å². The first-order valence-electron chi connectivity index (χ1n) is 5.11. The van der Waals surface area contributed by atoms with Gasteiger partial charge in [-0.25, -0.2) is 0 Å². The topological polar surface area (TPSA) is 18.5 Å². The Kier molecular flexibility index (Phi) is 4.63. The molecule has 0 bridgehead atoms. The van der Waals surface area contributed by atoms with Crippen LogP contribution in [0, 0.1) is 0 Å². The first-order valence-corrected chi connectivity index (χ1v) is 5.11. The molecule has 2 nitrogen and oxygen atoms in total. The zero-order valence-corrected chi connectivity index (χ0v) is 9.12. The van der Waals surface area contributed by atoms with Crippen LogP contribution < -0.4 is 0 Å². The molecule has 0 fully saturated rings. The van der Waals surface area contributed by atoms with Gasteiger partial charge in [0.1, 0.15) is 0 Å². The van der Waals surface area contributed by atoms with Crippen molar-refractivity contribution in [3.8, 4) is 11.1 Å². The van der Waals surface area contributed by atoms with Gasteiger partial charge in [0.15, 0.2) is 6.29 Å². The van der Waals surface area contributed by atoms with Crippen LogP contribution in [0.25, 0.3) is 11.1 Å². The summed E-state index contributed by atoms with van der Waals surface area (Å²) in [5.74, 6) is 0. The molecule has 2 aliphatic rings. The van der Waals surface area contributed by atoms with Crippen LogP contribution in [0.2, 0.25) is 0 Å². The van der Waals surface area contributed by atoms with Gasteiger partial charge in [-0.1, -0.05) is 18.2 Å². The minimum absolute atomic E-state index is 0.0370. The van der Waals surface area contributed by atoms with Crippen LogP contribution >= 0.6 is 0 Å². The van der Waals surface area contributed by atoms with E-state index in [2.05, 4.69) is 24.3 Å². The molecule has 0 saturated carbocycles. The minimum Gasteiger partial charge on any atom is -0.353 e. The lowest BCUT2D eigenvalue weighted by atomic mass is 10.6. The van der Waals surface area contributed by atoms with Crippen LogP contribution in [-0.4, -0.2) is 19.5 Å². The smallest absolute Gasteiger partial charge is 0.154 e. The minimum atomic E-state index is -0.0370. The normalized spacial score (nSPS) is 10.9. The molecule has 78 valence electrons. The van der Waals surface area contributed by atoms with E-state index in [9.17, 15) is 0 Å². The zero-order valence-electron chi connectivity index (χ0n) is 9.12. The van der Waals surface area contributed by atoms with Crippen molar-refractivity contribution in [3.05, 3.63) is 24.3 Å². The number of fused-ring (bicyclic) bond motifs is 1. The van der Waals surface area contributed by atoms with Gasteiger partial charge in [0.2, 0.25) is 0 Å². The Morgan fingerprint density at radius 3 is 1.79 bits per heavy atom. The van der Waals surface area contributed by atoms with Crippen molar-refractivity contribution in [1.82, 2.24) is 0 Å². The van der Waals surface area contributed by atoms with Gasteiger partial charge in [-0.15, -0.1) is 0 Å². The second-order valence-electron chi connectivity index (χ2n) is 3.06. The maximum absolute atomic E-state index is 5.06. The molecule has 0 unspecified atom stereocenters. The first kappa shape index (κ1) is 11.2. The predicted molar refractivity (Wildman–Crippen MR) is 58.2 cm³/mol. The molecular weight excluding hydrogens is 176 g/mol. The van der Waals surface area contributed by atoms with E-state index < -0.39 is 0 Å². The maximum atomic E-state index is 5.06. The second-order valence-corrected chi connectivity index (χ2v) is 3.06. The molecule has 0 saturated heterocycles. The van der Waals surface area contributed by atoms with E-state index in [0.717, 1.165) is 13.2 Å². The molecule has 0 amide bonds. The fraction of sp³-hybridized carbons (Fsp3) is 0.500. The van der Waals surface area contributed by atoms with Crippen LogP contribution in [0.1, 0.15) is 20.8 Å². The van der Waals surface area contributed by atoms with E-state index in [1.54, 1.807) is 0 Å². The summed E-state index contributed by atoms with van der Waals surface area (Å²) in [6.45, 7) is 7.25. The summed E-state index contributed by atoms with van der Waals surface area (Å²) < 4.78 is 10.1. The summed E-state index contributed by atoms with van der Waals surface area (Å²) in [6, 6.07) is 8.48. The second kappa shape index (κ2) is 5.78. The van der Waals surface area contributed by atoms with Crippen molar-refractivity contribution in [2.75, 3.05) is 13.2 Å². The predicted octanol–water partition coefficient (Wildman–Crippen LogP) is 3.07. The van der Waals surface area contributed by atoms with Crippen molar-refractivity contribution in [2.45, 2.75) is 27.1 Å². The Labute approximate surface area is 85.8 Å². The van der Waals surface area contributed by atoms with E-state index in [1.807, 2.05) is 20.8 Å². The van der Waals surface area contributed by atoms with E-state index in [1.165, 1.54) is 11.1 Å². The number of benzene rings is 1. The quantitative estimate of drug-likeness (QED) is 0.696. The highest BCUT2D eigenvalue weighted by Gasteiger charge is 2.06. The van der Waals surface area contributed by atoms with Gasteiger partial charge in [-0.05, 0) is 38.0 Å². The number of hydrogen-bond acceptors (Lipinski definition) is 2. The number of ether oxygens (including phenoxy) is 2. The van der Waals surface area contributed by atoms with Crippen LogP contribution in [0.4, 0.5) is 0 Å². The van der Waals surface area contributed by atoms with Crippen LogP contribution in [0.5, 0.6) is 0 Å². The van der Waals surface area contributed by atoms with Gasteiger partial charge in [-0.2, -0.15) is 0 Å². The summed E-state index contributed by atoms with van der Waals surface area (Å²) in [6.07, 6.45) is -0.0370. The van der Waals surface area contributed by atoms with Crippen LogP contribution in [0.3, 0.4) is 0 Å². The standard InChI is InChI=1S/C6H14O2.C6H4/c1-4-7-6(3)8-5-2;1-2-5-4-6(5)3-1/h6H,4-5H2,1-3H3;1-4H.